The number of benzene rings is 1. The number of hydrogen-bond acceptors (Lipinski definition) is 7. The standard InChI is InChI=1S/C33H42N8O3/c1-6-31(42)41-15-14-40(19-22(41)4)20-29(27-11-10-24(18-35-27)23-8-9-23)36-28-16-21(3)25(17-26(28)32(43)34-7-2)33(44)37-30-12-13-39(5)38-30/h6,10-13,16-18,22-23,29,36H,1,7-9,14-15,19-20H2,2-5H3,(H,34,43)(H,37,38,44)/t22-,29+/m1/s1. The number of pyridine rings is 1. The largest absolute Gasteiger partial charge is 0.375 e. The van der Waals surface area contributed by atoms with Crippen molar-refractivity contribution in [2.75, 3.05) is 43.4 Å². The van der Waals surface area contributed by atoms with Gasteiger partial charge in [-0.25, -0.2) is 0 Å². The Morgan fingerprint density at radius 3 is 2.52 bits per heavy atom. The first-order valence-corrected chi connectivity index (χ1v) is 15.3. The summed E-state index contributed by atoms with van der Waals surface area (Å²) in [7, 11) is 1.78. The van der Waals surface area contributed by atoms with E-state index in [9.17, 15) is 14.4 Å². The van der Waals surface area contributed by atoms with Gasteiger partial charge in [0.15, 0.2) is 5.82 Å². The van der Waals surface area contributed by atoms with Crippen molar-refractivity contribution in [3.8, 4) is 0 Å². The van der Waals surface area contributed by atoms with Crippen LogP contribution in [-0.4, -0.2) is 81.1 Å². The molecule has 11 nitrogen and oxygen atoms in total. The molecule has 2 atom stereocenters. The van der Waals surface area contributed by atoms with E-state index in [0.717, 1.165) is 11.3 Å². The minimum Gasteiger partial charge on any atom is -0.375 e. The molecule has 3 aromatic rings. The SMILES string of the molecule is C=CC(=O)N1CCN(C[C@H](Nc2cc(C)c(C(=O)Nc3ccn(C)n3)cc2C(=O)NCC)c2ccc(C3CC3)cn2)C[C@H]1C. The highest BCUT2D eigenvalue weighted by atomic mass is 16.2. The van der Waals surface area contributed by atoms with E-state index in [2.05, 4.69) is 44.7 Å². The highest BCUT2D eigenvalue weighted by Gasteiger charge is 2.30. The second-order valence-corrected chi connectivity index (χ2v) is 11.7. The molecule has 1 aliphatic carbocycles. The second-order valence-electron chi connectivity index (χ2n) is 11.7. The number of nitrogens with one attached hydrogen (secondary N) is 3. The number of rotatable bonds is 11. The lowest BCUT2D eigenvalue weighted by atomic mass is 10.00. The Kier molecular flexibility index (Phi) is 9.43. The molecule has 232 valence electrons. The van der Waals surface area contributed by atoms with E-state index in [0.29, 0.717) is 61.3 Å². The molecule has 11 heteroatoms. The molecule has 2 aliphatic rings. The molecule has 0 spiro atoms. The van der Waals surface area contributed by atoms with Crippen molar-refractivity contribution in [2.24, 2.45) is 7.05 Å². The Labute approximate surface area is 258 Å². The number of aromatic nitrogens is 3. The molecule has 0 bridgehead atoms. The summed E-state index contributed by atoms with van der Waals surface area (Å²) in [5.74, 6) is 0.356. The van der Waals surface area contributed by atoms with Gasteiger partial charge in [-0.05, 0) is 74.9 Å². The molecule has 5 rings (SSSR count). The highest BCUT2D eigenvalue weighted by Crippen LogP contribution is 2.40. The second kappa shape index (κ2) is 13.4. The van der Waals surface area contributed by atoms with Crippen LogP contribution in [0.3, 0.4) is 0 Å². The predicted molar refractivity (Wildman–Crippen MR) is 171 cm³/mol. The maximum atomic E-state index is 13.3. The predicted octanol–water partition coefficient (Wildman–Crippen LogP) is 3.87. The first-order valence-electron chi connectivity index (χ1n) is 15.3. The van der Waals surface area contributed by atoms with Gasteiger partial charge in [-0.15, -0.1) is 0 Å². The fraction of sp³-hybridized carbons (Fsp3) is 0.424. The Morgan fingerprint density at radius 2 is 1.91 bits per heavy atom. The summed E-state index contributed by atoms with van der Waals surface area (Å²) in [6.07, 6.45) is 7.48. The van der Waals surface area contributed by atoms with Gasteiger partial charge >= 0.3 is 0 Å². The van der Waals surface area contributed by atoms with Crippen molar-refractivity contribution >= 4 is 29.2 Å². The fourth-order valence-electron chi connectivity index (χ4n) is 5.76. The van der Waals surface area contributed by atoms with Gasteiger partial charge in [-0.1, -0.05) is 12.6 Å². The van der Waals surface area contributed by atoms with E-state index in [1.54, 1.807) is 30.1 Å². The van der Waals surface area contributed by atoms with Crippen molar-refractivity contribution in [1.29, 1.82) is 0 Å². The molecule has 1 aromatic carbocycles. The van der Waals surface area contributed by atoms with E-state index in [1.807, 2.05) is 37.9 Å². The van der Waals surface area contributed by atoms with Gasteiger partial charge in [0.25, 0.3) is 11.8 Å². The number of amides is 3. The van der Waals surface area contributed by atoms with E-state index in [-0.39, 0.29) is 29.8 Å². The van der Waals surface area contributed by atoms with Crippen LogP contribution in [0.15, 0.2) is 55.4 Å². The number of aryl methyl sites for hydroxylation is 2. The molecule has 2 fully saturated rings. The number of hydrogen-bond donors (Lipinski definition) is 3. The zero-order valence-corrected chi connectivity index (χ0v) is 26.0. The zero-order valence-electron chi connectivity index (χ0n) is 26.0. The molecule has 0 unspecified atom stereocenters. The summed E-state index contributed by atoms with van der Waals surface area (Å²) in [4.78, 5) is 48.0. The monoisotopic (exact) mass is 598 g/mol. The van der Waals surface area contributed by atoms with Crippen molar-refractivity contribution < 1.29 is 14.4 Å². The molecule has 3 amide bonds. The van der Waals surface area contributed by atoms with E-state index < -0.39 is 0 Å². The van der Waals surface area contributed by atoms with E-state index in [1.165, 1.54) is 24.5 Å². The Morgan fingerprint density at radius 1 is 1.11 bits per heavy atom. The average molecular weight is 599 g/mol. The van der Waals surface area contributed by atoms with Gasteiger partial charge in [0.05, 0.1) is 17.3 Å². The average Bonchev–Trinajstić information content (AvgIpc) is 3.78. The lowest BCUT2D eigenvalue weighted by Crippen LogP contribution is -2.54. The summed E-state index contributed by atoms with van der Waals surface area (Å²) in [6.45, 7) is 12.5. The maximum Gasteiger partial charge on any atom is 0.257 e. The van der Waals surface area contributed by atoms with Gasteiger partial charge in [0, 0.05) is 75.5 Å². The summed E-state index contributed by atoms with van der Waals surface area (Å²) >= 11 is 0. The third-order valence-corrected chi connectivity index (χ3v) is 8.30. The summed E-state index contributed by atoms with van der Waals surface area (Å²) in [5, 5.41) is 13.6. The molecule has 2 aromatic heterocycles. The summed E-state index contributed by atoms with van der Waals surface area (Å²) in [5.41, 5.74) is 4.22. The van der Waals surface area contributed by atoms with Crippen molar-refractivity contribution in [3.63, 3.8) is 0 Å². The number of nitrogens with zero attached hydrogens (tertiary/aromatic N) is 5. The Bertz CT molecular complexity index is 1530. The minimum absolute atomic E-state index is 0.0325. The van der Waals surface area contributed by atoms with E-state index >= 15 is 0 Å². The number of carbonyl (C=O) groups is 3. The smallest absolute Gasteiger partial charge is 0.257 e. The van der Waals surface area contributed by atoms with Crippen LogP contribution in [0, 0.1) is 6.92 Å². The first kappa shape index (κ1) is 30.9. The van der Waals surface area contributed by atoms with Crippen LogP contribution < -0.4 is 16.0 Å². The first-order chi connectivity index (χ1) is 21.2. The number of anilines is 2. The van der Waals surface area contributed by atoms with Gasteiger partial charge < -0.3 is 20.9 Å². The Hall–Kier alpha value is -4.51. The number of piperazine rings is 1. The van der Waals surface area contributed by atoms with Crippen molar-refractivity contribution in [3.05, 3.63) is 83.3 Å². The highest BCUT2D eigenvalue weighted by molar-refractivity contribution is 6.08. The normalized spacial score (nSPS) is 17.5. The minimum atomic E-state index is -0.340. The van der Waals surface area contributed by atoms with Gasteiger partial charge in [0.2, 0.25) is 5.91 Å². The van der Waals surface area contributed by atoms with Gasteiger partial charge in [-0.2, -0.15) is 5.10 Å². The molecule has 1 saturated heterocycles. The van der Waals surface area contributed by atoms with Crippen molar-refractivity contribution in [2.45, 2.75) is 51.6 Å². The molecule has 1 aliphatic heterocycles. The van der Waals surface area contributed by atoms with Crippen molar-refractivity contribution in [1.82, 2.24) is 29.9 Å². The van der Waals surface area contributed by atoms with Crippen LogP contribution in [0.1, 0.15) is 76.2 Å². The lowest BCUT2D eigenvalue weighted by molar-refractivity contribution is -0.130. The van der Waals surface area contributed by atoms with Crippen LogP contribution in [0.2, 0.25) is 0 Å². The van der Waals surface area contributed by atoms with Crippen LogP contribution >= 0.6 is 0 Å². The maximum absolute atomic E-state index is 13.3. The zero-order chi connectivity index (χ0) is 31.4. The summed E-state index contributed by atoms with van der Waals surface area (Å²) in [6, 6.07) is 9.21. The number of carbonyl (C=O) groups excluding carboxylic acids is 3. The fourth-order valence-corrected chi connectivity index (χ4v) is 5.76. The van der Waals surface area contributed by atoms with Gasteiger partial charge in [0.1, 0.15) is 0 Å². The molecular weight excluding hydrogens is 556 g/mol. The quantitative estimate of drug-likeness (QED) is 0.286. The van der Waals surface area contributed by atoms with Crippen LogP contribution in [0.25, 0.3) is 0 Å². The molecule has 3 N–H and O–H groups in total. The Balaban J connectivity index is 1.44. The van der Waals surface area contributed by atoms with Gasteiger partial charge in [-0.3, -0.25) is 28.9 Å². The third-order valence-electron chi connectivity index (χ3n) is 8.30. The van der Waals surface area contributed by atoms with Crippen LogP contribution in [0.4, 0.5) is 11.5 Å². The van der Waals surface area contributed by atoms with E-state index in [4.69, 9.17) is 4.98 Å². The third kappa shape index (κ3) is 7.16. The van der Waals surface area contributed by atoms with Crippen LogP contribution in [-0.2, 0) is 11.8 Å². The molecule has 0 radical (unpaired) electrons. The molecule has 1 saturated carbocycles. The summed E-state index contributed by atoms with van der Waals surface area (Å²) < 4.78 is 1.61. The van der Waals surface area contributed by atoms with Crippen LogP contribution in [0.5, 0.6) is 0 Å². The lowest BCUT2D eigenvalue weighted by Gasteiger charge is -2.40. The molecule has 3 heterocycles. The topological polar surface area (TPSA) is 124 Å². The molecular formula is C33H42N8O3. The molecule has 44 heavy (non-hydrogen) atoms.